The third-order valence-corrected chi connectivity index (χ3v) is 3.77. The summed E-state index contributed by atoms with van der Waals surface area (Å²) in [6.45, 7) is -0.210. The minimum atomic E-state index is -0.872. The van der Waals surface area contributed by atoms with Crippen molar-refractivity contribution in [2.45, 2.75) is 19.4 Å². The van der Waals surface area contributed by atoms with E-state index >= 15 is 0 Å². The van der Waals surface area contributed by atoms with Crippen LogP contribution in [0.25, 0.3) is 0 Å². The Kier molecular flexibility index (Phi) is 4.63. The average molecular weight is 380 g/mol. The largest absolute Gasteiger partial charge is 0.406 e. The van der Waals surface area contributed by atoms with Gasteiger partial charge >= 0.3 is 6.01 Å². The van der Waals surface area contributed by atoms with E-state index in [-0.39, 0.29) is 53.7 Å². The monoisotopic (exact) mass is 379 g/mol. The zero-order valence-corrected chi connectivity index (χ0v) is 13.7. The molecule has 0 radical (unpaired) electrons. The van der Waals surface area contributed by atoms with Crippen molar-refractivity contribution in [1.29, 1.82) is 0 Å². The zero-order chi connectivity index (χ0) is 18.8. The normalized spacial score (nSPS) is 14.0. The zero-order valence-electron chi connectivity index (χ0n) is 13.0. The summed E-state index contributed by atoms with van der Waals surface area (Å²) < 4.78 is 5.16. The van der Waals surface area contributed by atoms with Gasteiger partial charge in [0.15, 0.2) is 0 Å². The van der Waals surface area contributed by atoms with Crippen molar-refractivity contribution in [3.63, 3.8) is 0 Å². The second kappa shape index (κ2) is 6.88. The number of nitrogens with zero attached hydrogens (tertiary/aromatic N) is 4. The number of benzene rings is 1. The van der Waals surface area contributed by atoms with Crippen LogP contribution in [0, 0.1) is 10.1 Å². The van der Waals surface area contributed by atoms with E-state index in [1.54, 1.807) is 0 Å². The Morgan fingerprint density at radius 3 is 2.65 bits per heavy atom. The fourth-order valence-corrected chi connectivity index (χ4v) is 2.49. The van der Waals surface area contributed by atoms with Crippen LogP contribution in [0.2, 0.25) is 5.02 Å². The van der Waals surface area contributed by atoms with Crippen LogP contribution in [0.15, 0.2) is 22.6 Å². The van der Waals surface area contributed by atoms with E-state index in [9.17, 15) is 24.5 Å². The highest BCUT2D eigenvalue weighted by atomic mass is 35.5. The summed E-state index contributed by atoms with van der Waals surface area (Å²) in [6, 6.07) is 3.18. The number of hydrogen-bond acceptors (Lipinski definition) is 8. The van der Waals surface area contributed by atoms with Gasteiger partial charge in [0.1, 0.15) is 12.1 Å². The summed E-state index contributed by atoms with van der Waals surface area (Å²) in [7, 11) is 0. The van der Waals surface area contributed by atoms with Gasteiger partial charge in [0.05, 0.1) is 4.92 Å². The number of carbonyl (C=O) groups is 3. The number of carbonyl (C=O) groups excluding carboxylic acids is 3. The molecule has 1 aliphatic rings. The second-order valence-electron chi connectivity index (χ2n) is 5.25. The van der Waals surface area contributed by atoms with E-state index < -0.39 is 16.5 Å². The number of imide groups is 1. The quantitative estimate of drug-likeness (QED) is 0.467. The molecule has 1 aromatic carbocycles. The molecule has 11 nitrogen and oxygen atoms in total. The van der Waals surface area contributed by atoms with Crippen molar-refractivity contribution in [1.82, 2.24) is 15.1 Å². The van der Waals surface area contributed by atoms with Crippen LogP contribution in [0.3, 0.4) is 0 Å². The molecule has 26 heavy (non-hydrogen) atoms. The fourth-order valence-electron chi connectivity index (χ4n) is 2.32. The summed E-state index contributed by atoms with van der Waals surface area (Å²) >= 11 is 5.77. The number of nitro benzene ring substituents is 1. The van der Waals surface area contributed by atoms with Crippen molar-refractivity contribution in [3.05, 3.63) is 44.8 Å². The van der Waals surface area contributed by atoms with Crippen molar-refractivity contribution in [2.75, 3.05) is 5.32 Å². The Morgan fingerprint density at radius 1 is 1.31 bits per heavy atom. The summed E-state index contributed by atoms with van der Waals surface area (Å²) in [5, 5.41) is 20.6. The van der Waals surface area contributed by atoms with Crippen LogP contribution in [0.1, 0.15) is 29.1 Å². The summed E-state index contributed by atoms with van der Waals surface area (Å²) in [6.07, 6.45) is 0.240. The Hall–Kier alpha value is -3.34. The SMILES string of the molecule is O=C(Nc1nnc(CN2C(=O)CCC2=O)o1)c1cc(Cl)ccc1[N+](=O)[O-]. The molecule has 0 bridgehead atoms. The molecule has 3 rings (SSSR count). The van der Waals surface area contributed by atoms with Gasteiger partial charge in [0.25, 0.3) is 11.6 Å². The van der Waals surface area contributed by atoms with E-state index in [1.165, 1.54) is 6.07 Å². The van der Waals surface area contributed by atoms with Crippen molar-refractivity contribution in [3.8, 4) is 0 Å². The lowest BCUT2D eigenvalue weighted by Crippen LogP contribution is -2.28. The Morgan fingerprint density at radius 2 is 2.00 bits per heavy atom. The van der Waals surface area contributed by atoms with Crippen LogP contribution >= 0.6 is 11.6 Å². The summed E-state index contributed by atoms with van der Waals surface area (Å²) in [5.74, 6) is -1.64. The van der Waals surface area contributed by atoms with Gasteiger partial charge in [-0.05, 0) is 12.1 Å². The lowest BCUT2D eigenvalue weighted by atomic mass is 10.1. The minimum Gasteiger partial charge on any atom is -0.406 e. The molecule has 0 aliphatic carbocycles. The molecule has 2 aromatic rings. The van der Waals surface area contributed by atoms with Crippen molar-refractivity contribution in [2.24, 2.45) is 0 Å². The first-order valence-electron chi connectivity index (χ1n) is 7.26. The molecule has 0 saturated carbocycles. The minimum absolute atomic E-state index is 0.0653. The smallest absolute Gasteiger partial charge is 0.322 e. The second-order valence-corrected chi connectivity index (χ2v) is 5.68. The van der Waals surface area contributed by atoms with Gasteiger partial charge in [-0.15, -0.1) is 5.10 Å². The molecular weight excluding hydrogens is 370 g/mol. The number of nitrogens with one attached hydrogen (secondary N) is 1. The molecule has 0 atom stereocenters. The van der Waals surface area contributed by atoms with Crippen LogP contribution in [0.5, 0.6) is 0 Å². The highest BCUT2D eigenvalue weighted by Gasteiger charge is 2.30. The predicted molar refractivity (Wildman–Crippen MR) is 85.1 cm³/mol. The highest BCUT2D eigenvalue weighted by Crippen LogP contribution is 2.24. The lowest BCUT2D eigenvalue weighted by molar-refractivity contribution is -0.385. The number of nitro groups is 1. The number of anilines is 1. The molecule has 1 fully saturated rings. The Balaban J connectivity index is 1.74. The number of likely N-dealkylation sites (tertiary alicyclic amines) is 1. The van der Waals surface area contributed by atoms with Crippen LogP contribution in [-0.4, -0.2) is 37.7 Å². The first kappa shape index (κ1) is 17.5. The van der Waals surface area contributed by atoms with E-state index in [1.807, 2.05) is 0 Å². The van der Waals surface area contributed by atoms with E-state index in [0.29, 0.717) is 0 Å². The molecular formula is C14H10ClN5O6. The van der Waals surface area contributed by atoms with E-state index in [2.05, 4.69) is 15.5 Å². The maximum atomic E-state index is 12.2. The topological polar surface area (TPSA) is 149 Å². The predicted octanol–water partition coefficient (Wildman–Crippen LogP) is 1.53. The maximum absolute atomic E-state index is 12.2. The molecule has 1 saturated heterocycles. The summed E-state index contributed by atoms with van der Waals surface area (Å²) in [5.41, 5.74) is -0.730. The van der Waals surface area contributed by atoms with Crippen LogP contribution in [-0.2, 0) is 16.1 Å². The van der Waals surface area contributed by atoms with E-state index in [0.717, 1.165) is 17.0 Å². The first-order valence-corrected chi connectivity index (χ1v) is 7.64. The summed E-state index contributed by atoms with van der Waals surface area (Å²) in [4.78, 5) is 46.6. The number of halogens is 1. The number of rotatable bonds is 5. The molecule has 12 heteroatoms. The van der Waals surface area contributed by atoms with Gasteiger partial charge < -0.3 is 4.42 Å². The molecule has 1 aromatic heterocycles. The van der Waals surface area contributed by atoms with Gasteiger partial charge in [-0.1, -0.05) is 16.7 Å². The number of amides is 3. The van der Waals surface area contributed by atoms with Crippen molar-refractivity contribution < 1.29 is 23.7 Å². The first-order chi connectivity index (χ1) is 12.3. The standard InChI is InChI=1S/C14H10ClN5O6/c15-7-1-2-9(20(24)25)8(5-7)13(23)16-14-18-17-10(26-14)6-19-11(21)3-4-12(19)22/h1-2,5H,3-4,6H2,(H,16,18,23). The Bertz CT molecular complexity index is 910. The Labute approximate surface area is 150 Å². The average Bonchev–Trinajstić information content (AvgIpc) is 3.16. The molecule has 1 N–H and O–H groups in total. The third-order valence-electron chi connectivity index (χ3n) is 3.54. The molecule has 3 amide bonds. The maximum Gasteiger partial charge on any atom is 0.322 e. The van der Waals surface area contributed by atoms with Gasteiger partial charge in [0, 0.05) is 23.9 Å². The van der Waals surface area contributed by atoms with Crippen molar-refractivity contribution >= 4 is 41.0 Å². The van der Waals surface area contributed by atoms with Gasteiger partial charge in [0.2, 0.25) is 17.7 Å². The lowest BCUT2D eigenvalue weighted by Gasteiger charge is -2.09. The molecule has 134 valence electrons. The molecule has 0 spiro atoms. The van der Waals surface area contributed by atoms with Crippen LogP contribution < -0.4 is 5.32 Å². The van der Waals surface area contributed by atoms with Gasteiger partial charge in [-0.3, -0.25) is 34.7 Å². The fraction of sp³-hybridized carbons (Fsp3) is 0.214. The highest BCUT2D eigenvalue weighted by molar-refractivity contribution is 6.31. The van der Waals surface area contributed by atoms with Crippen LogP contribution in [0.4, 0.5) is 11.7 Å². The van der Waals surface area contributed by atoms with E-state index in [4.69, 9.17) is 16.0 Å². The van der Waals surface area contributed by atoms with Gasteiger partial charge in [-0.25, -0.2) is 0 Å². The molecule has 1 aliphatic heterocycles. The number of aromatic nitrogens is 2. The third kappa shape index (κ3) is 3.52. The molecule has 2 heterocycles. The number of hydrogen-bond donors (Lipinski definition) is 1. The van der Waals surface area contributed by atoms with Gasteiger partial charge in [-0.2, -0.15) is 0 Å². The molecule has 0 unspecified atom stereocenters.